The number of tetrazole rings is 1. The van der Waals surface area contributed by atoms with Gasteiger partial charge in [-0.25, -0.2) is 4.68 Å². The van der Waals surface area contributed by atoms with Crippen LogP contribution in [0.5, 0.6) is 11.5 Å². The van der Waals surface area contributed by atoms with E-state index in [1.165, 1.54) is 0 Å². The van der Waals surface area contributed by atoms with Crippen LogP contribution < -0.4 is 9.47 Å². The molecule has 1 heterocycles. The highest BCUT2D eigenvalue weighted by Crippen LogP contribution is 2.18. The average molecular weight is 306 g/mol. The summed E-state index contributed by atoms with van der Waals surface area (Å²) < 4.78 is 12.5. The Labute approximate surface area is 127 Å². The van der Waals surface area contributed by atoms with Gasteiger partial charge in [0.25, 0.3) is 0 Å². The summed E-state index contributed by atoms with van der Waals surface area (Å²) >= 11 is 0. The number of benzene rings is 1. The minimum absolute atomic E-state index is 0.0824. The molecule has 0 atom stereocenters. The standard InChI is InChI=1S/C14H18N4O4/c1-2-21-11-5-7-12(8-6-11)22-10-13-15-16-17-18(13)9-3-4-14(19)20/h5-8H,2-4,9-10H2,1H3,(H,19,20). The summed E-state index contributed by atoms with van der Waals surface area (Å²) in [5.74, 6) is 1.19. The molecule has 2 rings (SSSR count). The maximum atomic E-state index is 10.5. The minimum Gasteiger partial charge on any atom is -0.494 e. The molecular weight excluding hydrogens is 288 g/mol. The average Bonchev–Trinajstić information content (AvgIpc) is 2.94. The van der Waals surface area contributed by atoms with Crippen molar-refractivity contribution < 1.29 is 19.4 Å². The highest BCUT2D eigenvalue weighted by Gasteiger charge is 2.08. The Hall–Kier alpha value is -2.64. The van der Waals surface area contributed by atoms with Crippen LogP contribution in [0.3, 0.4) is 0 Å². The second-order valence-corrected chi connectivity index (χ2v) is 4.51. The molecule has 0 bridgehead atoms. The Morgan fingerprint density at radius 3 is 2.55 bits per heavy atom. The number of aromatic nitrogens is 4. The summed E-state index contributed by atoms with van der Waals surface area (Å²) in [6, 6.07) is 7.27. The van der Waals surface area contributed by atoms with Gasteiger partial charge in [0, 0.05) is 13.0 Å². The minimum atomic E-state index is -0.833. The van der Waals surface area contributed by atoms with Crippen molar-refractivity contribution in [3.05, 3.63) is 30.1 Å². The van der Waals surface area contributed by atoms with Crippen LogP contribution in [-0.2, 0) is 17.9 Å². The first-order chi connectivity index (χ1) is 10.7. The normalized spacial score (nSPS) is 10.4. The second-order valence-electron chi connectivity index (χ2n) is 4.51. The van der Waals surface area contributed by atoms with Gasteiger partial charge in [-0.15, -0.1) is 5.10 Å². The molecule has 22 heavy (non-hydrogen) atoms. The summed E-state index contributed by atoms with van der Waals surface area (Å²) in [5, 5.41) is 19.9. The van der Waals surface area contributed by atoms with Gasteiger partial charge in [-0.3, -0.25) is 4.79 Å². The number of ether oxygens (including phenoxy) is 2. The van der Waals surface area contributed by atoms with E-state index in [9.17, 15) is 4.79 Å². The molecule has 1 aromatic carbocycles. The molecule has 0 fully saturated rings. The zero-order valence-corrected chi connectivity index (χ0v) is 12.3. The zero-order chi connectivity index (χ0) is 15.8. The van der Waals surface area contributed by atoms with Crippen LogP contribution >= 0.6 is 0 Å². The molecule has 0 aliphatic rings. The Kier molecular flexibility index (Phi) is 5.70. The Morgan fingerprint density at radius 2 is 1.91 bits per heavy atom. The molecule has 0 aliphatic heterocycles. The Morgan fingerprint density at radius 1 is 1.23 bits per heavy atom. The van der Waals surface area contributed by atoms with E-state index < -0.39 is 5.97 Å². The molecule has 2 aromatic rings. The molecule has 0 saturated carbocycles. The fraction of sp³-hybridized carbons (Fsp3) is 0.429. The first kappa shape index (κ1) is 15.7. The lowest BCUT2D eigenvalue weighted by Crippen LogP contribution is -2.10. The zero-order valence-electron chi connectivity index (χ0n) is 12.3. The van der Waals surface area contributed by atoms with E-state index in [1.54, 1.807) is 4.68 Å². The number of hydrogen-bond acceptors (Lipinski definition) is 6. The predicted molar refractivity (Wildman–Crippen MR) is 76.6 cm³/mol. The van der Waals surface area contributed by atoms with Gasteiger partial charge in [-0.05, 0) is 48.0 Å². The molecule has 8 nitrogen and oxygen atoms in total. The first-order valence-electron chi connectivity index (χ1n) is 7.01. The lowest BCUT2D eigenvalue weighted by molar-refractivity contribution is -0.137. The number of carboxylic acid groups (broad SMARTS) is 1. The number of carboxylic acids is 1. The number of aliphatic carboxylic acids is 1. The quantitative estimate of drug-likeness (QED) is 0.749. The lowest BCUT2D eigenvalue weighted by Gasteiger charge is -2.08. The lowest BCUT2D eigenvalue weighted by atomic mass is 10.3. The third kappa shape index (κ3) is 4.72. The SMILES string of the molecule is CCOc1ccc(OCc2nnnn2CCCC(=O)O)cc1. The van der Waals surface area contributed by atoms with Crippen molar-refractivity contribution in [2.45, 2.75) is 32.9 Å². The van der Waals surface area contributed by atoms with Crippen LogP contribution in [-0.4, -0.2) is 37.9 Å². The van der Waals surface area contributed by atoms with Crippen LogP contribution in [0.15, 0.2) is 24.3 Å². The smallest absolute Gasteiger partial charge is 0.303 e. The van der Waals surface area contributed by atoms with Crippen molar-refractivity contribution in [1.82, 2.24) is 20.2 Å². The van der Waals surface area contributed by atoms with E-state index in [4.69, 9.17) is 14.6 Å². The van der Waals surface area contributed by atoms with Gasteiger partial charge in [0.05, 0.1) is 6.61 Å². The second kappa shape index (κ2) is 7.96. The molecule has 0 amide bonds. The molecule has 1 N–H and O–H groups in total. The molecule has 0 unspecified atom stereocenters. The Bertz CT molecular complexity index is 597. The highest BCUT2D eigenvalue weighted by molar-refractivity contribution is 5.66. The van der Waals surface area contributed by atoms with Crippen LogP contribution in [0.2, 0.25) is 0 Å². The Balaban J connectivity index is 1.86. The summed E-state index contributed by atoms with van der Waals surface area (Å²) in [5.41, 5.74) is 0. The third-order valence-electron chi connectivity index (χ3n) is 2.87. The molecule has 0 radical (unpaired) electrons. The van der Waals surface area contributed by atoms with Gasteiger partial charge in [0.2, 0.25) is 0 Å². The van der Waals surface area contributed by atoms with Crippen molar-refractivity contribution in [3.63, 3.8) is 0 Å². The number of rotatable bonds is 9. The van der Waals surface area contributed by atoms with E-state index in [0.717, 1.165) is 5.75 Å². The van der Waals surface area contributed by atoms with Crippen molar-refractivity contribution in [1.29, 1.82) is 0 Å². The van der Waals surface area contributed by atoms with E-state index >= 15 is 0 Å². The third-order valence-corrected chi connectivity index (χ3v) is 2.87. The van der Waals surface area contributed by atoms with E-state index in [0.29, 0.717) is 31.1 Å². The fourth-order valence-electron chi connectivity index (χ4n) is 1.83. The summed E-state index contributed by atoms with van der Waals surface area (Å²) in [4.78, 5) is 10.5. The largest absolute Gasteiger partial charge is 0.494 e. The fourth-order valence-corrected chi connectivity index (χ4v) is 1.83. The molecular formula is C14H18N4O4. The number of hydrogen-bond donors (Lipinski definition) is 1. The molecule has 0 aliphatic carbocycles. The molecule has 0 saturated heterocycles. The van der Waals surface area contributed by atoms with Crippen LogP contribution in [0, 0.1) is 0 Å². The van der Waals surface area contributed by atoms with Gasteiger partial charge < -0.3 is 14.6 Å². The summed E-state index contributed by atoms with van der Waals surface area (Å²) in [7, 11) is 0. The topological polar surface area (TPSA) is 99.4 Å². The summed E-state index contributed by atoms with van der Waals surface area (Å²) in [6.07, 6.45) is 0.551. The van der Waals surface area contributed by atoms with Crippen LogP contribution in [0.1, 0.15) is 25.6 Å². The highest BCUT2D eigenvalue weighted by atomic mass is 16.5. The van der Waals surface area contributed by atoms with Gasteiger partial charge >= 0.3 is 5.97 Å². The van der Waals surface area contributed by atoms with Crippen LogP contribution in [0.4, 0.5) is 0 Å². The number of carbonyl (C=O) groups is 1. The van der Waals surface area contributed by atoms with Gasteiger partial charge in [0.1, 0.15) is 18.1 Å². The van der Waals surface area contributed by atoms with Crippen LogP contribution in [0.25, 0.3) is 0 Å². The van der Waals surface area contributed by atoms with E-state index in [1.807, 2.05) is 31.2 Å². The first-order valence-corrected chi connectivity index (χ1v) is 7.01. The van der Waals surface area contributed by atoms with Gasteiger partial charge in [0.15, 0.2) is 5.82 Å². The van der Waals surface area contributed by atoms with Crippen molar-refractivity contribution in [2.75, 3.05) is 6.61 Å². The number of nitrogens with zero attached hydrogens (tertiary/aromatic N) is 4. The molecule has 0 spiro atoms. The van der Waals surface area contributed by atoms with Gasteiger partial charge in [-0.2, -0.15) is 0 Å². The summed E-state index contributed by atoms with van der Waals surface area (Å²) in [6.45, 7) is 3.20. The van der Waals surface area contributed by atoms with E-state index in [-0.39, 0.29) is 13.0 Å². The van der Waals surface area contributed by atoms with Gasteiger partial charge in [-0.1, -0.05) is 0 Å². The molecule has 118 valence electrons. The number of aryl methyl sites for hydroxylation is 1. The predicted octanol–water partition coefficient (Wildman–Crippen LogP) is 1.52. The maximum Gasteiger partial charge on any atom is 0.303 e. The maximum absolute atomic E-state index is 10.5. The van der Waals surface area contributed by atoms with Crippen molar-refractivity contribution in [3.8, 4) is 11.5 Å². The molecule has 1 aromatic heterocycles. The van der Waals surface area contributed by atoms with E-state index in [2.05, 4.69) is 15.5 Å². The molecule has 8 heteroatoms. The monoisotopic (exact) mass is 306 g/mol. The van der Waals surface area contributed by atoms with Crippen molar-refractivity contribution in [2.24, 2.45) is 0 Å². The van der Waals surface area contributed by atoms with Crippen molar-refractivity contribution >= 4 is 5.97 Å².